The molecule has 0 bridgehead atoms. The summed E-state index contributed by atoms with van der Waals surface area (Å²) in [6.45, 7) is 0.791. The smallest absolute Gasteiger partial charge is 0.151 e. The van der Waals surface area contributed by atoms with Crippen LogP contribution in [-0.2, 0) is 16.4 Å². The standard InChI is InChI=1S/C12H16BrNO2S/c1-14(12-5-6-17(15,16)9-12)8-10-3-2-4-11(13)7-10/h2-4,7,12H,5-6,8-9H2,1H3. The molecule has 1 aliphatic heterocycles. The maximum absolute atomic E-state index is 11.4. The van der Waals surface area contributed by atoms with Crippen LogP contribution in [0, 0.1) is 0 Å². The molecular formula is C12H16BrNO2S. The molecule has 17 heavy (non-hydrogen) atoms. The third-order valence-corrected chi connectivity index (χ3v) is 5.40. The van der Waals surface area contributed by atoms with Gasteiger partial charge in [-0.3, -0.25) is 4.90 Å². The van der Waals surface area contributed by atoms with Crippen molar-refractivity contribution >= 4 is 25.8 Å². The lowest BCUT2D eigenvalue weighted by Gasteiger charge is -2.23. The van der Waals surface area contributed by atoms with Crippen LogP contribution in [0.25, 0.3) is 0 Å². The molecule has 1 aromatic rings. The van der Waals surface area contributed by atoms with Crippen LogP contribution < -0.4 is 0 Å². The summed E-state index contributed by atoms with van der Waals surface area (Å²) in [5.74, 6) is 0.637. The van der Waals surface area contributed by atoms with E-state index in [9.17, 15) is 8.42 Å². The first-order chi connectivity index (χ1) is 7.96. The molecule has 5 heteroatoms. The molecule has 1 unspecified atom stereocenters. The van der Waals surface area contributed by atoms with Gasteiger partial charge in [0, 0.05) is 17.1 Å². The van der Waals surface area contributed by atoms with Crippen molar-refractivity contribution in [1.82, 2.24) is 4.90 Å². The second kappa shape index (κ2) is 5.08. The fourth-order valence-corrected chi connectivity index (χ4v) is 4.43. The number of sulfone groups is 1. The topological polar surface area (TPSA) is 37.4 Å². The number of hydrogen-bond acceptors (Lipinski definition) is 3. The van der Waals surface area contributed by atoms with Gasteiger partial charge in [0.15, 0.2) is 9.84 Å². The van der Waals surface area contributed by atoms with E-state index in [2.05, 4.69) is 33.0 Å². The highest BCUT2D eigenvalue weighted by atomic mass is 79.9. The summed E-state index contributed by atoms with van der Waals surface area (Å²) in [5.41, 5.74) is 1.20. The van der Waals surface area contributed by atoms with Gasteiger partial charge in [-0.15, -0.1) is 0 Å². The van der Waals surface area contributed by atoms with Gasteiger partial charge in [0.25, 0.3) is 0 Å². The van der Waals surface area contributed by atoms with Gasteiger partial charge in [0.05, 0.1) is 11.5 Å². The van der Waals surface area contributed by atoms with E-state index in [-0.39, 0.29) is 6.04 Å². The zero-order chi connectivity index (χ0) is 12.5. The van der Waals surface area contributed by atoms with E-state index in [1.165, 1.54) is 5.56 Å². The van der Waals surface area contributed by atoms with Crippen molar-refractivity contribution in [2.75, 3.05) is 18.6 Å². The molecule has 0 N–H and O–H groups in total. The molecule has 2 rings (SSSR count). The van der Waals surface area contributed by atoms with Crippen molar-refractivity contribution in [1.29, 1.82) is 0 Å². The quantitative estimate of drug-likeness (QED) is 0.856. The first kappa shape index (κ1) is 13.1. The van der Waals surface area contributed by atoms with Crippen LogP contribution in [0.2, 0.25) is 0 Å². The van der Waals surface area contributed by atoms with Gasteiger partial charge >= 0.3 is 0 Å². The molecule has 0 radical (unpaired) electrons. The molecule has 1 atom stereocenters. The number of nitrogens with zero attached hydrogens (tertiary/aromatic N) is 1. The molecule has 1 aliphatic rings. The predicted octanol–water partition coefficient (Wildman–Crippen LogP) is 2.07. The van der Waals surface area contributed by atoms with Crippen LogP contribution in [0.15, 0.2) is 28.7 Å². The van der Waals surface area contributed by atoms with Crippen molar-refractivity contribution in [3.63, 3.8) is 0 Å². The molecule has 1 heterocycles. The minimum atomic E-state index is -2.79. The summed E-state index contributed by atoms with van der Waals surface area (Å²) < 4.78 is 23.9. The van der Waals surface area contributed by atoms with Crippen LogP contribution in [0.4, 0.5) is 0 Å². The maximum Gasteiger partial charge on any atom is 0.151 e. The van der Waals surface area contributed by atoms with Gasteiger partial charge in [0.2, 0.25) is 0 Å². The Morgan fingerprint density at radius 1 is 1.47 bits per heavy atom. The third kappa shape index (κ3) is 3.53. The van der Waals surface area contributed by atoms with E-state index in [1.54, 1.807) is 0 Å². The molecule has 0 aromatic heterocycles. The highest BCUT2D eigenvalue weighted by molar-refractivity contribution is 9.10. The van der Waals surface area contributed by atoms with Crippen molar-refractivity contribution in [3.8, 4) is 0 Å². The zero-order valence-electron chi connectivity index (χ0n) is 9.77. The van der Waals surface area contributed by atoms with Crippen molar-refractivity contribution in [2.24, 2.45) is 0 Å². The van der Waals surface area contributed by atoms with Crippen LogP contribution in [0.3, 0.4) is 0 Å². The SMILES string of the molecule is CN(Cc1cccc(Br)c1)C1CCS(=O)(=O)C1. The van der Waals surface area contributed by atoms with Gasteiger partial charge in [-0.25, -0.2) is 8.42 Å². The van der Waals surface area contributed by atoms with Gasteiger partial charge in [-0.2, -0.15) is 0 Å². The first-order valence-corrected chi connectivity index (χ1v) is 8.23. The highest BCUT2D eigenvalue weighted by Crippen LogP contribution is 2.19. The van der Waals surface area contributed by atoms with Gasteiger partial charge in [0.1, 0.15) is 0 Å². The predicted molar refractivity (Wildman–Crippen MR) is 72.7 cm³/mol. The average molecular weight is 318 g/mol. The molecule has 0 spiro atoms. The Hall–Kier alpha value is -0.390. The molecular weight excluding hydrogens is 302 g/mol. The van der Waals surface area contributed by atoms with Crippen molar-refractivity contribution in [2.45, 2.75) is 19.0 Å². The molecule has 0 amide bonds. The molecule has 0 aliphatic carbocycles. The van der Waals surface area contributed by atoms with E-state index >= 15 is 0 Å². The lowest BCUT2D eigenvalue weighted by Crippen LogP contribution is -2.32. The second-order valence-electron chi connectivity index (χ2n) is 4.60. The minimum absolute atomic E-state index is 0.166. The summed E-state index contributed by atoms with van der Waals surface area (Å²) in [4.78, 5) is 2.13. The Bertz CT molecular complexity index is 501. The summed E-state index contributed by atoms with van der Waals surface area (Å²) in [5, 5.41) is 0. The molecule has 1 saturated heterocycles. The van der Waals surface area contributed by atoms with Crippen LogP contribution >= 0.6 is 15.9 Å². The van der Waals surface area contributed by atoms with Crippen LogP contribution in [-0.4, -0.2) is 37.9 Å². The lowest BCUT2D eigenvalue weighted by molar-refractivity contribution is 0.254. The molecule has 0 saturated carbocycles. The first-order valence-electron chi connectivity index (χ1n) is 5.61. The highest BCUT2D eigenvalue weighted by Gasteiger charge is 2.30. The van der Waals surface area contributed by atoms with E-state index in [0.29, 0.717) is 11.5 Å². The molecule has 3 nitrogen and oxygen atoms in total. The summed E-state index contributed by atoms with van der Waals surface area (Å²) in [6.07, 6.45) is 0.757. The number of halogens is 1. The number of hydrogen-bond donors (Lipinski definition) is 0. The molecule has 1 fully saturated rings. The van der Waals surface area contributed by atoms with Crippen molar-refractivity contribution in [3.05, 3.63) is 34.3 Å². The van der Waals surface area contributed by atoms with Gasteiger partial charge in [-0.1, -0.05) is 28.1 Å². The lowest BCUT2D eigenvalue weighted by atomic mass is 10.2. The van der Waals surface area contributed by atoms with Gasteiger partial charge < -0.3 is 0 Å². The Kier molecular flexibility index (Phi) is 3.90. The molecule has 94 valence electrons. The second-order valence-corrected chi connectivity index (χ2v) is 7.75. The van der Waals surface area contributed by atoms with E-state index in [1.807, 2.05) is 19.2 Å². The number of benzene rings is 1. The van der Waals surface area contributed by atoms with Gasteiger partial charge in [-0.05, 0) is 31.2 Å². The summed E-state index contributed by atoms with van der Waals surface area (Å²) >= 11 is 3.44. The normalized spacial score (nSPS) is 23.1. The zero-order valence-corrected chi connectivity index (χ0v) is 12.2. The fraction of sp³-hybridized carbons (Fsp3) is 0.500. The van der Waals surface area contributed by atoms with Crippen LogP contribution in [0.5, 0.6) is 0 Å². The Balaban J connectivity index is 2.00. The average Bonchev–Trinajstić information content (AvgIpc) is 2.59. The number of rotatable bonds is 3. The fourth-order valence-electron chi connectivity index (χ4n) is 2.18. The summed E-state index contributed by atoms with van der Waals surface area (Å²) in [6, 6.07) is 8.28. The van der Waals surface area contributed by atoms with E-state index in [0.717, 1.165) is 17.4 Å². The van der Waals surface area contributed by atoms with Crippen LogP contribution in [0.1, 0.15) is 12.0 Å². The van der Waals surface area contributed by atoms with E-state index in [4.69, 9.17) is 0 Å². The summed E-state index contributed by atoms with van der Waals surface area (Å²) in [7, 11) is -0.799. The third-order valence-electron chi connectivity index (χ3n) is 3.15. The Labute approximate surface area is 111 Å². The Morgan fingerprint density at radius 2 is 2.24 bits per heavy atom. The molecule has 1 aromatic carbocycles. The Morgan fingerprint density at radius 3 is 2.82 bits per heavy atom. The largest absolute Gasteiger partial charge is 0.298 e. The minimum Gasteiger partial charge on any atom is -0.298 e. The maximum atomic E-state index is 11.4. The van der Waals surface area contributed by atoms with Crippen molar-refractivity contribution < 1.29 is 8.42 Å². The monoisotopic (exact) mass is 317 g/mol. The van der Waals surface area contributed by atoms with E-state index < -0.39 is 9.84 Å².